The Hall–Kier alpha value is 0.310. The zero-order valence-electron chi connectivity index (χ0n) is 11.1. The normalized spacial score (nSPS) is 32.1. The summed E-state index contributed by atoms with van der Waals surface area (Å²) >= 11 is 2.09. The second-order valence-corrected chi connectivity index (χ2v) is 7.85. The zero-order chi connectivity index (χ0) is 11.6. The van der Waals surface area contributed by atoms with Crippen molar-refractivity contribution < 1.29 is 0 Å². The van der Waals surface area contributed by atoms with Crippen LogP contribution in [-0.2, 0) is 0 Å². The van der Waals surface area contributed by atoms with Crippen LogP contribution in [0.2, 0.25) is 0 Å². The first-order valence-corrected chi connectivity index (χ1v) is 8.06. The largest absolute Gasteiger partial charge is 0.313 e. The van der Waals surface area contributed by atoms with Gasteiger partial charge in [0.1, 0.15) is 0 Å². The van der Waals surface area contributed by atoms with Crippen molar-refractivity contribution in [3.8, 4) is 0 Å². The van der Waals surface area contributed by atoms with E-state index in [1.54, 1.807) is 0 Å². The molecule has 2 aliphatic rings. The van der Waals surface area contributed by atoms with E-state index in [1.807, 2.05) is 0 Å². The second kappa shape index (κ2) is 4.89. The van der Waals surface area contributed by atoms with Crippen LogP contribution in [0.15, 0.2) is 0 Å². The molecule has 0 heterocycles. The summed E-state index contributed by atoms with van der Waals surface area (Å²) in [6, 6.07) is 0.786. The Morgan fingerprint density at radius 1 is 1.19 bits per heavy atom. The molecule has 1 unspecified atom stereocenters. The quantitative estimate of drug-likeness (QED) is 0.803. The number of nitrogens with one attached hydrogen (secondary N) is 1. The lowest BCUT2D eigenvalue weighted by Crippen LogP contribution is -2.48. The molecule has 0 radical (unpaired) electrons. The fourth-order valence-electron chi connectivity index (χ4n) is 3.23. The first-order chi connectivity index (χ1) is 7.55. The molecule has 1 nitrogen and oxygen atoms in total. The Morgan fingerprint density at radius 3 is 2.44 bits per heavy atom. The molecule has 0 bridgehead atoms. The standard InChI is InChI=1S/C14H27NS/c1-13(2)7-4-6-12(10-13)15-11-14(16-3)8-5-9-14/h12,15H,4-11H2,1-3H3. The van der Waals surface area contributed by atoms with Crippen molar-refractivity contribution in [3.05, 3.63) is 0 Å². The van der Waals surface area contributed by atoms with Gasteiger partial charge in [-0.05, 0) is 43.8 Å². The van der Waals surface area contributed by atoms with Crippen molar-refractivity contribution in [3.63, 3.8) is 0 Å². The highest BCUT2D eigenvalue weighted by atomic mass is 32.2. The fraction of sp³-hybridized carbons (Fsp3) is 1.00. The van der Waals surface area contributed by atoms with Gasteiger partial charge in [-0.15, -0.1) is 0 Å². The van der Waals surface area contributed by atoms with E-state index in [2.05, 4.69) is 37.2 Å². The molecular weight excluding hydrogens is 214 g/mol. The molecule has 2 aliphatic carbocycles. The fourth-order valence-corrected chi connectivity index (χ4v) is 4.15. The molecule has 94 valence electrons. The summed E-state index contributed by atoms with van der Waals surface area (Å²) < 4.78 is 0.599. The Kier molecular flexibility index (Phi) is 3.90. The van der Waals surface area contributed by atoms with Crippen LogP contribution in [0.5, 0.6) is 0 Å². The average molecular weight is 241 g/mol. The predicted octanol–water partition coefficient (Wildman–Crippen LogP) is 3.83. The maximum absolute atomic E-state index is 3.85. The van der Waals surface area contributed by atoms with E-state index < -0.39 is 0 Å². The molecule has 1 N–H and O–H groups in total. The van der Waals surface area contributed by atoms with E-state index in [1.165, 1.54) is 51.5 Å². The molecule has 0 aliphatic heterocycles. The Balaban J connectivity index is 1.77. The highest BCUT2D eigenvalue weighted by Crippen LogP contribution is 2.43. The van der Waals surface area contributed by atoms with Crippen LogP contribution in [0.3, 0.4) is 0 Å². The average Bonchev–Trinajstić information content (AvgIpc) is 2.15. The number of hydrogen-bond acceptors (Lipinski definition) is 2. The van der Waals surface area contributed by atoms with E-state index in [4.69, 9.17) is 0 Å². The third-order valence-electron chi connectivity index (χ3n) is 4.62. The maximum atomic E-state index is 3.85. The Bertz CT molecular complexity index is 227. The van der Waals surface area contributed by atoms with Gasteiger partial charge >= 0.3 is 0 Å². The Morgan fingerprint density at radius 2 is 1.94 bits per heavy atom. The van der Waals surface area contributed by atoms with Crippen LogP contribution in [0.4, 0.5) is 0 Å². The number of rotatable bonds is 4. The summed E-state index contributed by atoms with van der Waals surface area (Å²) in [5.41, 5.74) is 0.571. The molecule has 0 saturated heterocycles. The zero-order valence-corrected chi connectivity index (χ0v) is 12.0. The van der Waals surface area contributed by atoms with Crippen molar-refractivity contribution in [2.75, 3.05) is 12.8 Å². The maximum Gasteiger partial charge on any atom is 0.0281 e. The minimum Gasteiger partial charge on any atom is -0.313 e. The van der Waals surface area contributed by atoms with Gasteiger partial charge in [-0.25, -0.2) is 0 Å². The first kappa shape index (κ1) is 12.8. The minimum absolute atomic E-state index is 0.571. The van der Waals surface area contributed by atoms with Gasteiger partial charge in [0.15, 0.2) is 0 Å². The van der Waals surface area contributed by atoms with Crippen molar-refractivity contribution in [1.29, 1.82) is 0 Å². The molecule has 16 heavy (non-hydrogen) atoms. The van der Waals surface area contributed by atoms with Crippen molar-refractivity contribution in [2.45, 2.75) is 69.6 Å². The van der Waals surface area contributed by atoms with Gasteiger partial charge in [0.25, 0.3) is 0 Å². The van der Waals surface area contributed by atoms with Gasteiger partial charge in [-0.2, -0.15) is 11.8 Å². The van der Waals surface area contributed by atoms with Crippen molar-refractivity contribution in [2.24, 2.45) is 5.41 Å². The van der Waals surface area contributed by atoms with Crippen molar-refractivity contribution >= 4 is 11.8 Å². The molecule has 1 atom stereocenters. The van der Waals surface area contributed by atoms with Gasteiger partial charge in [0, 0.05) is 17.3 Å². The summed E-state index contributed by atoms with van der Waals surface area (Å²) in [5.74, 6) is 0. The predicted molar refractivity (Wildman–Crippen MR) is 74.1 cm³/mol. The molecule has 0 aromatic heterocycles. The van der Waals surface area contributed by atoms with E-state index >= 15 is 0 Å². The third kappa shape index (κ3) is 2.95. The lowest BCUT2D eigenvalue weighted by molar-refractivity contribution is 0.190. The lowest BCUT2D eigenvalue weighted by Gasteiger charge is -2.43. The minimum atomic E-state index is 0.571. The summed E-state index contributed by atoms with van der Waals surface area (Å²) in [4.78, 5) is 0. The highest BCUT2D eigenvalue weighted by molar-refractivity contribution is 8.00. The molecular formula is C14H27NS. The second-order valence-electron chi connectivity index (χ2n) is 6.58. The van der Waals surface area contributed by atoms with Gasteiger partial charge in [-0.1, -0.05) is 26.7 Å². The van der Waals surface area contributed by atoms with E-state index in [0.29, 0.717) is 10.2 Å². The molecule has 2 fully saturated rings. The van der Waals surface area contributed by atoms with Crippen LogP contribution < -0.4 is 5.32 Å². The van der Waals surface area contributed by atoms with Crippen LogP contribution >= 0.6 is 11.8 Å². The van der Waals surface area contributed by atoms with Gasteiger partial charge in [0.2, 0.25) is 0 Å². The monoisotopic (exact) mass is 241 g/mol. The number of thioether (sulfide) groups is 1. The molecule has 2 rings (SSSR count). The van der Waals surface area contributed by atoms with Gasteiger partial charge in [0.05, 0.1) is 0 Å². The van der Waals surface area contributed by atoms with Gasteiger partial charge < -0.3 is 5.32 Å². The molecule has 2 heteroatoms. The molecule has 0 spiro atoms. The van der Waals surface area contributed by atoms with Gasteiger partial charge in [-0.3, -0.25) is 0 Å². The summed E-state index contributed by atoms with van der Waals surface area (Å²) in [6.07, 6.45) is 12.2. The first-order valence-electron chi connectivity index (χ1n) is 6.84. The SMILES string of the molecule is CSC1(CNC2CCCC(C)(C)C2)CCC1. The Labute approximate surface area is 105 Å². The number of hydrogen-bond donors (Lipinski definition) is 1. The lowest BCUT2D eigenvalue weighted by atomic mass is 9.75. The summed E-state index contributed by atoms with van der Waals surface area (Å²) in [6.45, 7) is 6.10. The van der Waals surface area contributed by atoms with Crippen molar-refractivity contribution in [1.82, 2.24) is 5.32 Å². The van der Waals surface area contributed by atoms with E-state index in [-0.39, 0.29) is 0 Å². The summed E-state index contributed by atoms with van der Waals surface area (Å²) in [7, 11) is 0. The van der Waals surface area contributed by atoms with Crippen LogP contribution in [0.25, 0.3) is 0 Å². The highest BCUT2D eigenvalue weighted by Gasteiger charge is 2.37. The van der Waals surface area contributed by atoms with Crippen LogP contribution in [-0.4, -0.2) is 23.6 Å². The summed E-state index contributed by atoms with van der Waals surface area (Å²) in [5, 5.41) is 3.85. The molecule has 0 aromatic rings. The smallest absolute Gasteiger partial charge is 0.0281 e. The van der Waals surface area contributed by atoms with Crippen LogP contribution in [0, 0.1) is 5.41 Å². The molecule has 0 aromatic carbocycles. The molecule has 0 amide bonds. The third-order valence-corrected chi connectivity index (χ3v) is 6.03. The topological polar surface area (TPSA) is 12.0 Å². The molecule has 2 saturated carbocycles. The van der Waals surface area contributed by atoms with E-state index in [9.17, 15) is 0 Å². The van der Waals surface area contributed by atoms with Crippen LogP contribution in [0.1, 0.15) is 58.8 Å². The van der Waals surface area contributed by atoms with E-state index in [0.717, 1.165) is 6.04 Å².